The molecule has 0 saturated heterocycles. The predicted octanol–water partition coefficient (Wildman–Crippen LogP) is 4.80. The van der Waals surface area contributed by atoms with Crippen LogP contribution >= 0.6 is 31.9 Å². The number of para-hydroxylation sites is 1. The smallest absolute Gasteiger partial charge is 0.282 e. The number of carbonyl (C=O) groups excluding carboxylic acids is 1. The fourth-order valence-electron chi connectivity index (χ4n) is 2.92. The van der Waals surface area contributed by atoms with Gasteiger partial charge in [0.2, 0.25) is 0 Å². The summed E-state index contributed by atoms with van der Waals surface area (Å²) in [6.45, 7) is 0. The largest absolute Gasteiger partial charge is 0.348 e. The van der Waals surface area contributed by atoms with Gasteiger partial charge in [0, 0.05) is 27.0 Å². The summed E-state index contributed by atoms with van der Waals surface area (Å²) in [7, 11) is 0. The fraction of sp³-hybridized carbons (Fsp3) is 0.235. The van der Waals surface area contributed by atoms with Gasteiger partial charge in [0.05, 0.1) is 4.92 Å². The molecule has 24 heavy (non-hydrogen) atoms. The highest BCUT2D eigenvalue weighted by molar-refractivity contribution is 9.11. The molecule has 0 aliphatic heterocycles. The lowest BCUT2D eigenvalue weighted by atomic mass is 9.75. The molecule has 3 rings (SSSR count). The minimum Gasteiger partial charge on any atom is -0.348 e. The van der Waals surface area contributed by atoms with Crippen LogP contribution in [0.1, 0.15) is 34.7 Å². The number of nitrogens with zero attached hydrogens (tertiary/aromatic N) is 1. The monoisotopic (exact) mass is 452 g/mol. The molecule has 1 aliphatic rings. The van der Waals surface area contributed by atoms with Gasteiger partial charge >= 0.3 is 0 Å². The van der Waals surface area contributed by atoms with Gasteiger partial charge in [0.25, 0.3) is 11.6 Å². The molecule has 0 spiro atoms. The summed E-state index contributed by atoms with van der Waals surface area (Å²) in [6.07, 6.45) is 1.83. The standard InChI is InChI=1S/C17H14Br2N2O3/c18-10-5-6-11(14(19)9-10)12-7-8-15(12)20-17(22)13-3-1-2-4-16(13)21(23)24/h1-6,9,12,15H,7-8H2,(H,20,22)/t12-,15+/m1/s1. The molecule has 1 N–H and O–H groups in total. The first-order valence-corrected chi connectivity index (χ1v) is 9.05. The zero-order valence-electron chi connectivity index (χ0n) is 12.5. The quantitative estimate of drug-likeness (QED) is 0.534. The minimum absolute atomic E-state index is 0.0187. The van der Waals surface area contributed by atoms with E-state index >= 15 is 0 Å². The van der Waals surface area contributed by atoms with E-state index in [9.17, 15) is 14.9 Å². The summed E-state index contributed by atoms with van der Waals surface area (Å²) in [5.74, 6) is -0.190. The van der Waals surface area contributed by atoms with Crippen LogP contribution in [0.4, 0.5) is 5.69 Å². The number of carbonyl (C=O) groups is 1. The van der Waals surface area contributed by atoms with Crippen molar-refractivity contribution in [2.24, 2.45) is 0 Å². The van der Waals surface area contributed by atoms with Crippen LogP contribution < -0.4 is 5.32 Å². The highest BCUT2D eigenvalue weighted by Crippen LogP contribution is 2.41. The van der Waals surface area contributed by atoms with Gasteiger partial charge in [0.1, 0.15) is 5.56 Å². The van der Waals surface area contributed by atoms with Crippen LogP contribution in [0, 0.1) is 10.1 Å². The molecule has 2 aromatic rings. The maximum Gasteiger partial charge on any atom is 0.282 e. The van der Waals surface area contributed by atoms with Crippen molar-refractivity contribution in [3.63, 3.8) is 0 Å². The second-order valence-corrected chi connectivity index (χ2v) is 7.47. The lowest BCUT2D eigenvalue weighted by molar-refractivity contribution is -0.385. The molecule has 1 fully saturated rings. The highest BCUT2D eigenvalue weighted by atomic mass is 79.9. The first-order chi connectivity index (χ1) is 11.5. The normalized spacial score (nSPS) is 19.4. The molecule has 5 nitrogen and oxygen atoms in total. The molecule has 0 heterocycles. The van der Waals surface area contributed by atoms with Crippen LogP contribution in [0.2, 0.25) is 0 Å². The van der Waals surface area contributed by atoms with Gasteiger partial charge in [-0.05, 0) is 36.6 Å². The summed E-state index contributed by atoms with van der Waals surface area (Å²) in [5.41, 5.74) is 1.07. The van der Waals surface area contributed by atoms with E-state index in [4.69, 9.17) is 0 Å². The van der Waals surface area contributed by atoms with E-state index in [1.807, 2.05) is 18.2 Å². The number of hydrogen-bond acceptors (Lipinski definition) is 3. The Morgan fingerprint density at radius 3 is 2.54 bits per heavy atom. The van der Waals surface area contributed by atoms with E-state index < -0.39 is 10.8 Å². The Labute approximate surface area is 155 Å². The third-order valence-corrected chi connectivity index (χ3v) is 5.48. The second-order valence-electron chi connectivity index (χ2n) is 5.70. The number of rotatable bonds is 4. The van der Waals surface area contributed by atoms with Crippen molar-refractivity contribution in [1.29, 1.82) is 0 Å². The van der Waals surface area contributed by atoms with Crippen LogP contribution in [-0.2, 0) is 0 Å². The van der Waals surface area contributed by atoms with Crippen LogP contribution in [0.15, 0.2) is 51.4 Å². The van der Waals surface area contributed by atoms with E-state index in [1.165, 1.54) is 12.1 Å². The Kier molecular flexibility index (Phi) is 5.01. The maximum absolute atomic E-state index is 12.5. The molecular weight excluding hydrogens is 440 g/mol. The average Bonchev–Trinajstić information content (AvgIpc) is 2.53. The molecule has 1 aliphatic carbocycles. The van der Waals surface area contributed by atoms with Gasteiger partial charge in [-0.25, -0.2) is 0 Å². The van der Waals surface area contributed by atoms with Crippen LogP contribution in [0.5, 0.6) is 0 Å². The summed E-state index contributed by atoms with van der Waals surface area (Å²) < 4.78 is 1.98. The Balaban J connectivity index is 1.77. The van der Waals surface area contributed by atoms with Crippen molar-refractivity contribution >= 4 is 43.5 Å². The third kappa shape index (κ3) is 3.37. The van der Waals surface area contributed by atoms with Crippen LogP contribution in [0.3, 0.4) is 0 Å². The maximum atomic E-state index is 12.5. The molecular formula is C17H14Br2N2O3. The molecule has 1 amide bonds. The molecule has 1 saturated carbocycles. The summed E-state index contributed by atoms with van der Waals surface area (Å²) in [4.78, 5) is 23.0. The molecule has 0 radical (unpaired) electrons. The van der Waals surface area contributed by atoms with Gasteiger partial charge in [-0.15, -0.1) is 0 Å². The molecule has 7 heteroatoms. The lowest BCUT2D eigenvalue weighted by Gasteiger charge is -2.38. The van der Waals surface area contributed by atoms with Crippen molar-refractivity contribution in [3.05, 3.63) is 72.7 Å². The Bertz CT molecular complexity index is 810. The molecule has 2 atom stereocenters. The Morgan fingerprint density at radius 1 is 1.17 bits per heavy atom. The number of nitro benzene ring substituents is 1. The van der Waals surface area contributed by atoms with Gasteiger partial charge in [-0.3, -0.25) is 14.9 Å². The minimum atomic E-state index is -0.529. The highest BCUT2D eigenvalue weighted by Gasteiger charge is 2.35. The number of amides is 1. The van der Waals surface area contributed by atoms with Crippen molar-refractivity contribution < 1.29 is 9.72 Å². The first-order valence-electron chi connectivity index (χ1n) is 7.46. The van der Waals surface area contributed by atoms with E-state index in [1.54, 1.807) is 12.1 Å². The van der Waals surface area contributed by atoms with Gasteiger partial charge in [-0.1, -0.05) is 50.1 Å². The number of nitro groups is 1. The van der Waals surface area contributed by atoms with E-state index in [0.29, 0.717) is 0 Å². The summed E-state index contributed by atoms with van der Waals surface area (Å²) >= 11 is 6.99. The van der Waals surface area contributed by atoms with Crippen molar-refractivity contribution in [3.8, 4) is 0 Å². The number of nitrogens with one attached hydrogen (secondary N) is 1. The van der Waals surface area contributed by atoms with E-state index in [-0.39, 0.29) is 23.2 Å². The average molecular weight is 454 g/mol. The van der Waals surface area contributed by atoms with Gasteiger partial charge < -0.3 is 5.32 Å². The SMILES string of the molecule is O=C(N[C@H]1CC[C@@H]1c1ccc(Br)cc1Br)c1ccccc1[N+](=O)[O-]. The van der Waals surface area contributed by atoms with Gasteiger partial charge in [0.15, 0.2) is 0 Å². The predicted molar refractivity (Wildman–Crippen MR) is 98.2 cm³/mol. The third-order valence-electron chi connectivity index (χ3n) is 4.30. The zero-order chi connectivity index (χ0) is 17.3. The first kappa shape index (κ1) is 17.1. The second kappa shape index (κ2) is 7.03. The number of benzene rings is 2. The Morgan fingerprint density at radius 2 is 1.92 bits per heavy atom. The molecule has 2 aromatic carbocycles. The topological polar surface area (TPSA) is 72.2 Å². The number of halogens is 2. The molecule has 0 unspecified atom stereocenters. The summed E-state index contributed by atoms with van der Waals surface area (Å²) in [5, 5.41) is 14.0. The molecule has 0 aromatic heterocycles. The zero-order valence-corrected chi connectivity index (χ0v) is 15.7. The van der Waals surface area contributed by atoms with E-state index in [2.05, 4.69) is 37.2 Å². The summed E-state index contributed by atoms with van der Waals surface area (Å²) in [6, 6.07) is 12.0. The van der Waals surface area contributed by atoms with Crippen molar-refractivity contribution in [2.75, 3.05) is 0 Å². The van der Waals surface area contributed by atoms with Crippen molar-refractivity contribution in [1.82, 2.24) is 5.32 Å². The fourth-order valence-corrected chi connectivity index (χ4v) is 4.26. The van der Waals surface area contributed by atoms with Crippen molar-refractivity contribution in [2.45, 2.75) is 24.8 Å². The van der Waals surface area contributed by atoms with E-state index in [0.717, 1.165) is 27.4 Å². The van der Waals surface area contributed by atoms with Crippen LogP contribution in [-0.4, -0.2) is 16.9 Å². The lowest BCUT2D eigenvalue weighted by Crippen LogP contribution is -2.45. The van der Waals surface area contributed by atoms with Crippen LogP contribution in [0.25, 0.3) is 0 Å². The number of hydrogen-bond donors (Lipinski definition) is 1. The molecule has 0 bridgehead atoms. The molecule has 124 valence electrons. The Hall–Kier alpha value is -1.73. The van der Waals surface area contributed by atoms with Gasteiger partial charge in [-0.2, -0.15) is 0 Å².